The lowest BCUT2D eigenvalue weighted by Crippen LogP contribution is -2.07. The Bertz CT molecular complexity index is 2310. The van der Waals surface area contributed by atoms with Gasteiger partial charge < -0.3 is 20.2 Å². The van der Waals surface area contributed by atoms with Gasteiger partial charge >= 0.3 is 0 Å². The molecule has 0 saturated heterocycles. The molecular weight excluding hydrogens is 667 g/mol. The van der Waals surface area contributed by atoms with Crippen LogP contribution in [0.25, 0.3) is 5.57 Å². The van der Waals surface area contributed by atoms with Gasteiger partial charge in [0.1, 0.15) is 20.2 Å². The molecule has 0 bridgehead atoms. The fourth-order valence-corrected chi connectivity index (χ4v) is 6.40. The molecule has 0 radical (unpaired) electrons. The van der Waals surface area contributed by atoms with Gasteiger partial charge in [0.05, 0.1) is 31.8 Å². The van der Waals surface area contributed by atoms with Crippen molar-refractivity contribution < 1.29 is 38.9 Å². The molecule has 4 N–H and O–H groups in total. The zero-order valence-electron chi connectivity index (χ0n) is 24.4. The van der Waals surface area contributed by atoms with E-state index >= 15 is 0 Å². The predicted molar refractivity (Wildman–Crippen MR) is 175 cm³/mol. The van der Waals surface area contributed by atoms with Crippen LogP contribution in [0, 0.1) is 6.92 Å². The first kappa shape index (κ1) is 33.5. The van der Waals surface area contributed by atoms with Gasteiger partial charge in [-0.25, -0.2) is 21.8 Å². The van der Waals surface area contributed by atoms with Crippen LogP contribution in [0.1, 0.15) is 16.7 Å². The normalized spacial score (nSPS) is 13.4. The second kappa shape index (κ2) is 12.7. The largest absolute Gasteiger partial charge is 0.744 e. The number of hydrogen-bond acceptors (Lipinski definition) is 11. The number of aliphatic imine (C=N–C) groups is 1. The summed E-state index contributed by atoms with van der Waals surface area (Å²) in [6.07, 6.45) is 6.89. The summed E-state index contributed by atoms with van der Waals surface area (Å²) < 4.78 is 102. The third kappa shape index (κ3) is 7.91. The molecule has 15 heteroatoms. The smallest absolute Gasteiger partial charge is 0.294 e. The van der Waals surface area contributed by atoms with Gasteiger partial charge in [0.25, 0.3) is 10.1 Å². The molecule has 0 fully saturated rings. The van der Waals surface area contributed by atoms with Crippen molar-refractivity contribution in [1.82, 2.24) is 0 Å². The van der Waals surface area contributed by atoms with Gasteiger partial charge in [-0.3, -0.25) is 4.55 Å². The number of aryl methyl sites for hydroxylation is 1. The highest BCUT2D eigenvalue weighted by molar-refractivity contribution is 7.86. The Balaban J connectivity index is 1.54. The van der Waals surface area contributed by atoms with E-state index in [-0.39, 0.29) is 15.5 Å². The summed E-state index contributed by atoms with van der Waals surface area (Å²) in [5.74, 6) is 0. The maximum atomic E-state index is 12.1. The van der Waals surface area contributed by atoms with E-state index in [2.05, 4.69) is 10.3 Å². The molecule has 1 aliphatic rings. The fraction of sp³-hybridized carbons (Fsp3) is 0.0312. The number of nitrogens with two attached hydrogens (primary N) is 1. The second-order valence-corrected chi connectivity index (χ2v) is 14.5. The van der Waals surface area contributed by atoms with Crippen molar-refractivity contribution >= 4 is 64.4 Å². The van der Waals surface area contributed by atoms with E-state index in [1.54, 1.807) is 61.6 Å². The highest BCUT2D eigenvalue weighted by atomic mass is 32.2. The lowest BCUT2D eigenvalue weighted by molar-refractivity contribution is 0.461. The Hall–Kier alpha value is -4.90. The Morgan fingerprint density at radius 1 is 0.702 bits per heavy atom. The van der Waals surface area contributed by atoms with E-state index in [1.165, 1.54) is 54.6 Å². The summed E-state index contributed by atoms with van der Waals surface area (Å²) >= 11 is 0. The van der Waals surface area contributed by atoms with Crippen molar-refractivity contribution in [3.63, 3.8) is 0 Å². The zero-order valence-corrected chi connectivity index (χ0v) is 26.8. The topological polar surface area (TPSA) is 219 Å². The molecule has 0 amide bonds. The third-order valence-electron chi connectivity index (χ3n) is 7.06. The van der Waals surface area contributed by atoms with Gasteiger partial charge in [0.15, 0.2) is 0 Å². The maximum Gasteiger partial charge on any atom is 0.294 e. The van der Waals surface area contributed by atoms with Crippen LogP contribution in [0.15, 0.2) is 134 Å². The van der Waals surface area contributed by atoms with Crippen molar-refractivity contribution in [2.45, 2.75) is 21.6 Å². The molecule has 4 aromatic carbocycles. The molecule has 242 valence electrons. The van der Waals surface area contributed by atoms with Crippen molar-refractivity contribution in [2.24, 2.45) is 4.99 Å². The average molecular weight is 692 g/mol. The van der Waals surface area contributed by atoms with E-state index in [9.17, 15) is 38.9 Å². The first-order valence-corrected chi connectivity index (χ1v) is 17.8. The summed E-state index contributed by atoms with van der Waals surface area (Å²) in [6, 6.07) is 20.5. The number of anilines is 3. The van der Waals surface area contributed by atoms with Crippen LogP contribution in [0.5, 0.6) is 0 Å². The van der Waals surface area contributed by atoms with Crippen molar-refractivity contribution in [3.8, 4) is 0 Å². The van der Waals surface area contributed by atoms with Crippen molar-refractivity contribution in [3.05, 3.63) is 131 Å². The number of hydrogen-bond donors (Lipinski definition) is 3. The minimum absolute atomic E-state index is 0.146. The zero-order chi connectivity index (χ0) is 34.1. The number of nitrogens with zero attached hydrogens (tertiary/aromatic N) is 1. The van der Waals surface area contributed by atoms with Gasteiger partial charge in [-0.15, -0.1) is 0 Å². The molecule has 4 aromatic rings. The SMILES string of the molecule is Cc1cc(C(=C2C=CC(=Nc3ccc(S(=O)(=O)O)cc3)C=C2)c2ccc(Nc3ccc(S(=O)(=O)[O-])cc3)cc2)cc(S(=O)(=O)[O-])c1N. The molecule has 1 aliphatic carbocycles. The Morgan fingerprint density at radius 2 is 1.23 bits per heavy atom. The Kier molecular flexibility index (Phi) is 9.05. The maximum absolute atomic E-state index is 12.1. The van der Waals surface area contributed by atoms with Crippen LogP contribution in [-0.4, -0.2) is 44.6 Å². The second-order valence-electron chi connectivity index (χ2n) is 10.3. The molecule has 5 rings (SSSR count). The van der Waals surface area contributed by atoms with Gasteiger partial charge in [-0.05, 0) is 120 Å². The molecule has 0 aromatic heterocycles. The summed E-state index contributed by atoms with van der Waals surface area (Å²) in [5, 5.41) is 3.11. The minimum atomic E-state index is -4.91. The molecule has 0 heterocycles. The highest BCUT2D eigenvalue weighted by Gasteiger charge is 2.17. The molecular formula is C32H25N3O9S3-2. The summed E-state index contributed by atoms with van der Waals surface area (Å²) in [4.78, 5) is 3.30. The Labute approximate surface area is 271 Å². The van der Waals surface area contributed by atoms with Crippen LogP contribution in [0.3, 0.4) is 0 Å². The van der Waals surface area contributed by atoms with E-state index in [1.807, 2.05) is 0 Å². The number of nitrogens with one attached hydrogen (secondary N) is 1. The van der Waals surface area contributed by atoms with Crippen LogP contribution in [-0.2, 0) is 30.4 Å². The molecule has 0 spiro atoms. The van der Waals surface area contributed by atoms with E-state index in [4.69, 9.17) is 5.73 Å². The van der Waals surface area contributed by atoms with E-state index in [0.29, 0.717) is 50.6 Å². The van der Waals surface area contributed by atoms with Gasteiger partial charge in [-0.1, -0.05) is 24.3 Å². The summed E-state index contributed by atoms with van der Waals surface area (Å²) in [5.41, 5.74) is 10.6. The highest BCUT2D eigenvalue weighted by Crippen LogP contribution is 2.35. The lowest BCUT2D eigenvalue weighted by atomic mass is 9.89. The van der Waals surface area contributed by atoms with Gasteiger partial charge in [-0.2, -0.15) is 8.42 Å². The molecule has 0 aliphatic heterocycles. The van der Waals surface area contributed by atoms with Crippen LogP contribution in [0.2, 0.25) is 0 Å². The fourth-order valence-electron chi connectivity index (χ4n) is 4.75. The number of nitrogen functional groups attached to an aromatic ring is 1. The van der Waals surface area contributed by atoms with Crippen LogP contribution < -0.4 is 11.1 Å². The first-order valence-electron chi connectivity index (χ1n) is 13.6. The standard InChI is InChI=1S/C32H27N3O9S3/c1-20-18-23(19-30(32(20)33)47(42,43)44)31(21-2-6-24(7-3-21)34-26-10-14-28(15-11-26)45(36,37)38)22-4-8-25(9-5-22)35-27-12-16-29(17-13-27)46(39,40)41/h2-19,34H,33H2,1H3,(H,36,37,38)(H,39,40,41)(H,42,43,44)/p-2. The Morgan fingerprint density at radius 3 is 1.74 bits per heavy atom. The van der Waals surface area contributed by atoms with Gasteiger partial charge in [0, 0.05) is 11.4 Å². The third-order valence-corrected chi connectivity index (χ3v) is 9.65. The monoisotopic (exact) mass is 691 g/mol. The first-order chi connectivity index (χ1) is 22.0. The number of allylic oxidation sites excluding steroid dienone is 5. The number of rotatable bonds is 8. The molecule has 0 saturated carbocycles. The predicted octanol–water partition coefficient (Wildman–Crippen LogP) is 5.08. The van der Waals surface area contributed by atoms with Crippen molar-refractivity contribution in [1.29, 1.82) is 0 Å². The van der Waals surface area contributed by atoms with E-state index in [0.717, 1.165) is 0 Å². The van der Waals surface area contributed by atoms with E-state index < -0.39 is 35.2 Å². The minimum Gasteiger partial charge on any atom is -0.744 e. The summed E-state index contributed by atoms with van der Waals surface area (Å²) in [6.45, 7) is 1.59. The summed E-state index contributed by atoms with van der Waals surface area (Å²) in [7, 11) is -13.8. The molecule has 0 atom stereocenters. The van der Waals surface area contributed by atoms with Crippen LogP contribution >= 0.6 is 0 Å². The van der Waals surface area contributed by atoms with Gasteiger partial charge in [0.2, 0.25) is 0 Å². The number of benzene rings is 4. The average Bonchev–Trinajstić information content (AvgIpc) is 3.00. The quantitative estimate of drug-likeness (QED) is 0.163. The molecule has 12 nitrogen and oxygen atoms in total. The molecule has 0 unspecified atom stereocenters. The molecule has 47 heavy (non-hydrogen) atoms. The lowest BCUT2D eigenvalue weighted by Gasteiger charge is -2.19. The van der Waals surface area contributed by atoms with Crippen LogP contribution in [0.4, 0.5) is 22.7 Å². The van der Waals surface area contributed by atoms with Crippen molar-refractivity contribution in [2.75, 3.05) is 11.1 Å².